The molecule has 33 heavy (non-hydrogen) atoms. The number of nitro benzene ring substituents is 1. The van der Waals surface area contributed by atoms with Gasteiger partial charge in [0.1, 0.15) is 10.6 Å². The summed E-state index contributed by atoms with van der Waals surface area (Å²) in [6.07, 6.45) is 0. The molecule has 3 N–H and O–H groups in total. The molecule has 0 saturated carbocycles. The lowest BCUT2D eigenvalue weighted by molar-refractivity contribution is -0.384. The van der Waals surface area contributed by atoms with Crippen LogP contribution < -0.4 is 5.56 Å². The van der Waals surface area contributed by atoms with E-state index in [4.69, 9.17) is 0 Å². The Labute approximate surface area is 184 Å². The number of aromatic amines is 1. The van der Waals surface area contributed by atoms with E-state index in [0.29, 0.717) is 5.69 Å². The van der Waals surface area contributed by atoms with Crippen molar-refractivity contribution in [2.24, 2.45) is 10.2 Å². The van der Waals surface area contributed by atoms with Crippen molar-refractivity contribution in [2.45, 2.75) is 11.8 Å². The third kappa shape index (κ3) is 2.86. The van der Waals surface area contributed by atoms with Crippen LogP contribution in [0.3, 0.4) is 0 Å². The molecular weight excluding hydrogens is 454 g/mol. The molecule has 3 aromatic carbocycles. The van der Waals surface area contributed by atoms with Gasteiger partial charge in [-0.05, 0) is 25.1 Å². The molecule has 13 heteroatoms. The quantitative estimate of drug-likeness (QED) is 0.204. The normalized spacial score (nSPS) is 12.5. The number of fused-ring (bicyclic) bond motifs is 4. The molecule has 1 aliphatic rings. The van der Waals surface area contributed by atoms with Gasteiger partial charge in [-0.15, -0.1) is 10.2 Å². The van der Waals surface area contributed by atoms with Crippen molar-refractivity contribution in [1.82, 2.24) is 9.78 Å². The van der Waals surface area contributed by atoms with Crippen molar-refractivity contribution >= 4 is 38.0 Å². The number of nitrogens with zero attached hydrogens (tertiary/aromatic N) is 4. The monoisotopic (exact) mass is 467 g/mol. The number of para-hydroxylation sites is 1. The van der Waals surface area contributed by atoms with Gasteiger partial charge in [0.25, 0.3) is 21.4 Å². The lowest BCUT2D eigenvalue weighted by atomic mass is 9.95. The summed E-state index contributed by atoms with van der Waals surface area (Å²) in [5, 5.41) is 32.1. The number of aromatic nitrogens is 2. The van der Waals surface area contributed by atoms with Crippen molar-refractivity contribution in [3.8, 4) is 22.6 Å². The van der Waals surface area contributed by atoms with Crippen LogP contribution in [0.5, 0.6) is 5.75 Å². The van der Waals surface area contributed by atoms with Crippen LogP contribution in [0, 0.1) is 17.0 Å². The summed E-state index contributed by atoms with van der Waals surface area (Å²) < 4.78 is 35.8. The summed E-state index contributed by atoms with van der Waals surface area (Å²) >= 11 is 0. The molecule has 4 aromatic rings. The van der Waals surface area contributed by atoms with Crippen molar-refractivity contribution in [1.29, 1.82) is 0 Å². The Morgan fingerprint density at radius 2 is 1.73 bits per heavy atom. The first-order valence-corrected chi connectivity index (χ1v) is 10.8. The summed E-state index contributed by atoms with van der Waals surface area (Å²) in [5.41, 5.74) is -1.79. The minimum atomic E-state index is -5.06. The highest BCUT2D eigenvalue weighted by atomic mass is 32.2. The lowest BCUT2D eigenvalue weighted by Crippen LogP contribution is -2.16. The SMILES string of the molecule is Cc1[nH]n(-c2ccccc2)c(=O)c1-c1c([N+](=O)[O-])ccc2c3c(O)c(c(S(=O)(=O)O)c12)N=N3. The van der Waals surface area contributed by atoms with Gasteiger partial charge in [0.05, 0.1) is 21.7 Å². The van der Waals surface area contributed by atoms with Gasteiger partial charge >= 0.3 is 0 Å². The first-order chi connectivity index (χ1) is 15.6. The number of hydrogen-bond donors (Lipinski definition) is 3. The van der Waals surface area contributed by atoms with Crippen molar-refractivity contribution in [3.05, 3.63) is 68.6 Å². The molecule has 0 aliphatic carbocycles. The van der Waals surface area contributed by atoms with E-state index in [1.165, 1.54) is 13.0 Å². The molecule has 0 saturated heterocycles. The smallest absolute Gasteiger partial charge is 0.297 e. The maximum absolute atomic E-state index is 13.4. The Bertz CT molecular complexity index is 1700. The van der Waals surface area contributed by atoms with E-state index in [0.717, 1.165) is 10.7 Å². The van der Waals surface area contributed by atoms with E-state index in [1.807, 2.05) is 0 Å². The highest BCUT2D eigenvalue weighted by Gasteiger charge is 2.36. The van der Waals surface area contributed by atoms with Crippen LogP contribution in [-0.4, -0.2) is 32.8 Å². The maximum atomic E-state index is 13.4. The molecule has 0 atom stereocenters. The number of azo groups is 1. The first-order valence-electron chi connectivity index (χ1n) is 9.38. The second kappa shape index (κ2) is 6.82. The van der Waals surface area contributed by atoms with E-state index >= 15 is 0 Å². The number of hydrogen-bond acceptors (Lipinski definition) is 8. The summed E-state index contributed by atoms with van der Waals surface area (Å²) in [6.45, 7) is 1.50. The van der Waals surface area contributed by atoms with E-state index in [9.17, 15) is 33.0 Å². The number of phenolic OH excluding ortho intramolecular Hbond substituents is 1. The van der Waals surface area contributed by atoms with Gasteiger partial charge in [0, 0.05) is 22.5 Å². The molecule has 5 rings (SSSR count). The largest absolute Gasteiger partial charge is 0.504 e. The standard InChI is InChI=1S/C20H13N5O7S/c1-9-13(20(27)24(23-9)10-5-3-2-4-6-10)15-12(25(28)29)8-7-11-14(15)19(33(30,31)32)17-18(26)16(11)21-22-17/h2-8,23,26H,1H3,(H,30,31,32). The molecule has 0 spiro atoms. The summed E-state index contributed by atoms with van der Waals surface area (Å²) in [6, 6.07) is 10.7. The van der Waals surface area contributed by atoms with Crippen LogP contribution in [0.1, 0.15) is 5.69 Å². The van der Waals surface area contributed by atoms with Crippen molar-refractivity contribution < 1.29 is 23.0 Å². The molecular formula is C20H13N5O7S. The number of H-pyrrole nitrogens is 1. The Balaban J connectivity index is 2.02. The van der Waals surface area contributed by atoms with E-state index in [-0.39, 0.29) is 33.3 Å². The summed E-state index contributed by atoms with van der Waals surface area (Å²) in [5.74, 6) is -0.595. The third-order valence-corrected chi connectivity index (χ3v) is 6.28. The molecule has 0 amide bonds. The van der Waals surface area contributed by atoms with Gasteiger partial charge in [-0.1, -0.05) is 18.2 Å². The zero-order valence-electron chi connectivity index (χ0n) is 16.7. The number of benzene rings is 3. The number of rotatable bonds is 4. The molecule has 1 aliphatic heterocycles. The van der Waals surface area contributed by atoms with Crippen LogP contribution in [0.2, 0.25) is 0 Å². The van der Waals surface area contributed by atoms with Crippen LogP contribution in [0.25, 0.3) is 27.6 Å². The molecule has 2 bridgehead atoms. The maximum Gasteiger partial charge on any atom is 0.297 e. The molecule has 166 valence electrons. The minimum Gasteiger partial charge on any atom is -0.504 e. The van der Waals surface area contributed by atoms with Gasteiger partial charge in [-0.3, -0.25) is 24.6 Å². The zero-order valence-corrected chi connectivity index (χ0v) is 17.5. The van der Waals surface area contributed by atoms with E-state index in [1.54, 1.807) is 30.3 Å². The Hall–Kier alpha value is -4.36. The first kappa shape index (κ1) is 20.5. The average molecular weight is 467 g/mol. The fourth-order valence-corrected chi connectivity index (χ4v) is 4.89. The predicted octanol–water partition coefficient (Wildman–Crippen LogP) is 3.88. The van der Waals surface area contributed by atoms with Gasteiger partial charge in [-0.2, -0.15) is 8.42 Å². The molecule has 2 heterocycles. The van der Waals surface area contributed by atoms with E-state index in [2.05, 4.69) is 15.3 Å². The molecule has 12 nitrogen and oxygen atoms in total. The highest BCUT2D eigenvalue weighted by molar-refractivity contribution is 7.86. The van der Waals surface area contributed by atoms with Gasteiger partial charge in [-0.25, -0.2) is 4.68 Å². The molecule has 0 radical (unpaired) electrons. The van der Waals surface area contributed by atoms with Crippen LogP contribution >= 0.6 is 0 Å². The second-order valence-electron chi connectivity index (χ2n) is 7.28. The third-order valence-electron chi connectivity index (χ3n) is 5.37. The predicted molar refractivity (Wildman–Crippen MR) is 116 cm³/mol. The fourth-order valence-electron chi connectivity index (χ4n) is 4.04. The number of nitro groups is 1. The van der Waals surface area contributed by atoms with Crippen LogP contribution in [0.15, 0.2) is 62.4 Å². The van der Waals surface area contributed by atoms with Crippen LogP contribution in [0.4, 0.5) is 17.1 Å². The lowest BCUT2D eigenvalue weighted by Gasteiger charge is -2.12. The molecule has 0 unspecified atom stereocenters. The fraction of sp³-hybridized carbons (Fsp3) is 0.0500. The van der Waals surface area contributed by atoms with Crippen molar-refractivity contribution in [3.63, 3.8) is 0 Å². The van der Waals surface area contributed by atoms with Crippen molar-refractivity contribution in [2.75, 3.05) is 0 Å². The zero-order chi connectivity index (χ0) is 23.7. The minimum absolute atomic E-state index is 0.0306. The highest BCUT2D eigenvalue weighted by Crippen LogP contribution is 2.55. The number of aryl methyl sites for hydroxylation is 1. The number of nitrogens with one attached hydrogen (secondary N) is 1. The van der Waals surface area contributed by atoms with E-state index < -0.39 is 42.6 Å². The van der Waals surface area contributed by atoms with Gasteiger partial charge in [0.15, 0.2) is 11.4 Å². The summed E-state index contributed by atoms with van der Waals surface area (Å²) in [4.78, 5) is 23.7. The van der Waals surface area contributed by atoms with Crippen LogP contribution in [-0.2, 0) is 10.1 Å². The second-order valence-corrected chi connectivity index (χ2v) is 8.64. The number of aromatic hydroxyl groups is 1. The Morgan fingerprint density at radius 3 is 2.36 bits per heavy atom. The Kier molecular flexibility index (Phi) is 4.24. The average Bonchev–Trinajstić information content (AvgIpc) is 3.19. The van der Waals surface area contributed by atoms with Gasteiger partial charge in [0.2, 0.25) is 0 Å². The molecule has 1 aromatic heterocycles. The number of phenols is 1. The Morgan fingerprint density at radius 1 is 1.06 bits per heavy atom. The summed E-state index contributed by atoms with van der Waals surface area (Å²) in [7, 11) is -5.06. The molecule has 0 fully saturated rings. The van der Waals surface area contributed by atoms with Gasteiger partial charge < -0.3 is 5.11 Å². The topological polar surface area (TPSA) is 180 Å².